The van der Waals surface area contributed by atoms with Gasteiger partial charge >= 0.3 is 0 Å². The lowest BCUT2D eigenvalue weighted by atomic mass is 10.2. The van der Waals surface area contributed by atoms with Crippen LogP contribution in [0.15, 0.2) is 0 Å². The quantitative estimate of drug-likeness (QED) is 0.627. The molecule has 0 radical (unpaired) electrons. The molecule has 0 aliphatic carbocycles. The molecule has 0 aliphatic heterocycles. The summed E-state index contributed by atoms with van der Waals surface area (Å²) < 4.78 is 0. The van der Waals surface area contributed by atoms with E-state index in [4.69, 9.17) is 11.6 Å². The van der Waals surface area contributed by atoms with E-state index in [1.807, 2.05) is 6.92 Å². The highest BCUT2D eigenvalue weighted by Crippen LogP contribution is 2.32. The van der Waals surface area contributed by atoms with Crippen LogP contribution in [0, 0.1) is 20.8 Å². The summed E-state index contributed by atoms with van der Waals surface area (Å²) in [7, 11) is 0. The molecule has 68 valence electrons. The van der Waals surface area contributed by atoms with Crippen molar-refractivity contribution >= 4 is 33.2 Å². The monoisotopic (exact) mass is 212 g/mol. The van der Waals surface area contributed by atoms with Crippen LogP contribution < -0.4 is 0 Å². The zero-order valence-electron chi connectivity index (χ0n) is 7.68. The number of halogens is 1. The van der Waals surface area contributed by atoms with E-state index in [9.17, 15) is 0 Å². The third-order valence-electron chi connectivity index (χ3n) is 2.10. The highest BCUT2D eigenvalue weighted by molar-refractivity contribution is 7.18. The number of rotatable bonds is 0. The largest absolute Gasteiger partial charge is 0.222 e. The number of aryl methyl sites for hydroxylation is 3. The first kappa shape index (κ1) is 8.91. The number of hydrogen-bond donors (Lipinski definition) is 0. The Bertz CT molecular complexity index is 476. The van der Waals surface area contributed by atoms with Crippen molar-refractivity contribution in [1.29, 1.82) is 0 Å². The molecule has 2 aromatic heterocycles. The van der Waals surface area contributed by atoms with E-state index >= 15 is 0 Å². The maximum Gasteiger partial charge on any atom is 0.141 e. The molecule has 2 rings (SSSR count). The lowest BCUT2D eigenvalue weighted by molar-refractivity contribution is 1.10. The molecule has 0 spiro atoms. The van der Waals surface area contributed by atoms with Crippen LogP contribution in [-0.2, 0) is 0 Å². The molecule has 2 aromatic rings. The normalized spacial score (nSPS) is 11.1. The molecule has 0 amide bonds. The first-order valence-electron chi connectivity index (χ1n) is 3.99. The smallest absolute Gasteiger partial charge is 0.141 e. The summed E-state index contributed by atoms with van der Waals surface area (Å²) in [5, 5.41) is 1.58. The lowest BCUT2D eigenvalue weighted by Gasteiger charge is -1.96. The Morgan fingerprint density at radius 3 is 2.54 bits per heavy atom. The average molecular weight is 213 g/mol. The van der Waals surface area contributed by atoms with E-state index in [0.717, 1.165) is 16.0 Å². The van der Waals surface area contributed by atoms with Gasteiger partial charge in [0.1, 0.15) is 15.8 Å². The number of nitrogens with zero attached hydrogens (tertiary/aromatic N) is 2. The Morgan fingerprint density at radius 1 is 1.15 bits per heavy atom. The standard InChI is InChI=1S/C9H9ClN2S/c1-4-5(2)13-9-7(4)8(10)11-6(3)12-9/h1-3H3. The Balaban J connectivity index is 2.94. The fourth-order valence-corrected chi connectivity index (χ4v) is 2.78. The number of aromatic nitrogens is 2. The van der Waals surface area contributed by atoms with Gasteiger partial charge in [0.25, 0.3) is 0 Å². The number of fused-ring (bicyclic) bond motifs is 1. The minimum Gasteiger partial charge on any atom is -0.222 e. The molecule has 0 unspecified atom stereocenters. The Hall–Kier alpha value is -0.670. The van der Waals surface area contributed by atoms with E-state index in [1.165, 1.54) is 10.4 Å². The van der Waals surface area contributed by atoms with Crippen molar-refractivity contribution in [3.63, 3.8) is 0 Å². The summed E-state index contributed by atoms with van der Waals surface area (Å²) in [5.41, 5.74) is 1.20. The predicted octanol–water partition coefficient (Wildman–Crippen LogP) is 3.27. The highest BCUT2D eigenvalue weighted by atomic mass is 35.5. The van der Waals surface area contributed by atoms with Crippen LogP contribution in [-0.4, -0.2) is 9.97 Å². The van der Waals surface area contributed by atoms with Crippen molar-refractivity contribution in [1.82, 2.24) is 9.97 Å². The van der Waals surface area contributed by atoms with Crippen molar-refractivity contribution < 1.29 is 0 Å². The van der Waals surface area contributed by atoms with Crippen molar-refractivity contribution in [2.75, 3.05) is 0 Å². The van der Waals surface area contributed by atoms with Gasteiger partial charge in [0.2, 0.25) is 0 Å². The number of hydrogen-bond acceptors (Lipinski definition) is 3. The molecule has 0 aromatic carbocycles. The Morgan fingerprint density at radius 2 is 1.85 bits per heavy atom. The van der Waals surface area contributed by atoms with Crippen molar-refractivity contribution in [3.8, 4) is 0 Å². The van der Waals surface area contributed by atoms with Crippen LogP contribution >= 0.6 is 22.9 Å². The van der Waals surface area contributed by atoms with Crippen LogP contribution in [0.4, 0.5) is 0 Å². The molecule has 0 aliphatic rings. The van der Waals surface area contributed by atoms with E-state index in [-0.39, 0.29) is 0 Å². The average Bonchev–Trinajstić information content (AvgIpc) is 2.27. The summed E-state index contributed by atoms with van der Waals surface area (Å²) in [4.78, 5) is 10.7. The van der Waals surface area contributed by atoms with Gasteiger partial charge in [0.05, 0.1) is 5.39 Å². The van der Waals surface area contributed by atoms with Gasteiger partial charge < -0.3 is 0 Å². The first-order chi connectivity index (χ1) is 6.09. The van der Waals surface area contributed by atoms with Gasteiger partial charge in [-0.3, -0.25) is 0 Å². The van der Waals surface area contributed by atoms with E-state index in [1.54, 1.807) is 11.3 Å². The highest BCUT2D eigenvalue weighted by Gasteiger charge is 2.11. The third kappa shape index (κ3) is 1.32. The molecule has 2 heterocycles. The molecule has 0 atom stereocenters. The molecule has 0 fully saturated rings. The second kappa shape index (κ2) is 2.93. The molecular weight excluding hydrogens is 204 g/mol. The van der Waals surface area contributed by atoms with E-state index < -0.39 is 0 Å². The molecule has 0 bridgehead atoms. The fourth-order valence-electron chi connectivity index (χ4n) is 1.30. The van der Waals surface area contributed by atoms with Gasteiger partial charge in [0.15, 0.2) is 0 Å². The maximum atomic E-state index is 6.04. The summed E-state index contributed by atoms with van der Waals surface area (Å²) in [6, 6.07) is 0. The molecule has 2 nitrogen and oxygen atoms in total. The van der Waals surface area contributed by atoms with Gasteiger partial charge in [-0.2, -0.15) is 0 Å². The molecule has 13 heavy (non-hydrogen) atoms. The van der Waals surface area contributed by atoms with Gasteiger partial charge in [-0.05, 0) is 26.3 Å². The molecule has 0 N–H and O–H groups in total. The van der Waals surface area contributed by atoms with Crippen molar-refractivity contribution in [2.24, 2.45) is 0 Å². The van der Waals surface area contributed by atoms with Crippen LogP contribution in [0.3, 0.4) is 0 Å². The lowest BCUT2D eigenvalue weighted by Crippen LogP contribution is -1.87. The first-order valence-corrected chi connectivity index (χ1v) is 5.19. The van der Waals surface area contributed by atoms with Crippen LogP contribution in [0.25, 0.3) is 10.2 Å². The molecule has 4 heteroatoms. The Labute approximate surface area is 85.6 Å². The minimum atomic E-state index is 0.573. The van der Waals surface area contributed by atoms with Crippen molar-refractivity contribution in [3.05, 3.63) is 21.4 Å². The summed E-state index contributed by atoms with van der Waals surface area (Å²) >= 11 is 7.71. The van der Waals surface area contributed by atoms with Crippen LogP contribution in [0.2, 0.25) is 5.15 Å². The van der Waals surface area contributed by atoms with Gasteiger partial charge in [0, 0.05) is 4.88 Å². The second-order valence-corrected chi connectivity index (χ2v) is 4.59. The van der Waals surface area contributed by atoms with Crippen LogP contribution in [0.5, 0.6) is 0 Å². The van der Waals surface area contributed by atoms with Crippen molar-refractivity contribution in [2.45, 2.75) is 20.8 Å². The Kier molecular flexibility index (Phi) is 2.00. The molecule has 0 saturated carbocycles. The van der Waals surface area contributed by atoms with Gasteiger partial charge in [-0.1, -0.05) is 11.6 Å². The minimum absolute atomic E-state index is 0.573. The maximum absolute atomic E-state index is 6.04. The van der Waals surface area contributed by atoms with Gasteiger partial charge in [-0.25, -0.2) is 9.97 Å². The van der Waals surface area contributed by atoms with E-state index in [2.05, 4.69) is 23.8 Å². The molecular formula is C9H9ClN2S. The van der Waals surface area contributed by atoms with Gasteiger partial charge in [-0.15, -0.1) is 11.3 Å². The van der Waals surface area contributed by atoms with E-state index in [0.29, 0.717) is 5.15 Å². The van der Waals surface area contributed by atoms with Crippen LogP contribution in [0.1, 0.15) is 16.3 Å². The predicted molar refractivity (Wildman–Crippen MR) is 56.6 cm³/mol. The SMILES string of the molecule is Cc1nc(Cl)c2c(C)c(C)sc2n1. The summed E-state index contributed by atoms with van der Waals surface area (Å²) in [6.45, 7) is 5.99. The zero-order chi connectivity index (χ0) is 9.59. The second-order valence-electron chi connectivity index (χ2n) is 3.03. The fraction of sp³-hybridized carbons (Fsp3) is 0.333. The third-order valence-corrected chi connectivity index (χ3v) is 3.47. The summed E-state index contributed by atoms with van der Waals surface area (Å²) in [6.07, 6.45) is 0. The summed E-state index contributed by atoms with van der Waals surface area (Å²) in [5.74, 6) is 0.735. The molecule has 0 saturated heterocycles. The number of thiophene rings is 1. The topological polar surface area (TPSA) is 25.8 Å². The zero-order valence-corrected chi connectivity index (χ0v) is 9.25.